The molecule has 2 saturated carbocycles. The van der Waals surface area contributed by atoms with Gasteiger partial charge in [0, 0.05) is 4.88 Å². The molecule has 2 aliphatic rings. The number of rotatable bonds is 3. The summed E-state index contributed by atoms with van der Waals surface area (Å²) in [7, 11) is 0. The molecule has 0 spiro atoms. The zero-order chi connectivity index (χ0) is 9.60. The third-order valence-electron chi connectivity index (χ3n) is 4.02. The van der Waals surface area contributed by atoms with Crippen molar-refractivity contribution in [1.82, 2.24) is 0 Å². The van der Waals surface area contributed by atoms with E-state index in [0.717, 1.165) is 18.4 Å². The predicted octanol–water partition coefficient (Wildman–Crippen LogP) is 2.67. The van der Waals surface area contributed by atoms with Crippen LogP contribution in [0.4, 0.5) is 0 Å². The van der Waals surface area contributed by atoms with Gasteiger partial charge in [-0.1, -0.05) is 6.07 Å². The highest BCUT2D eigenvalue weighted by atomic mass is 32.1. The minimum Gasteiger partial charge on any atom is -0.330 e. The lowest BCUT2D eigenvalue weighted by Gasteiger charge is -2.28. The molecule has 0 amide bonds. The van der Waals surface area contributed by atoms with Crippen molar-refractivity contribution in [2.45, 2.75) is 25.7 Å². The molecule has 14 heavy (non-hydrogen) atoms. The quantitative estimate of drug-likeness (QED) is 0.810. The number of hydrogen-bond donors (Lipinski definition) is 1. The van der Waals surface area contributed by atoms with Gasteiger partial charge in [0.05, 0.1) is 0 Å². The Kier molecular flexibility index (Phi) is 1.96. The van der Waals surface area contributed by atoms with E-state index < -0.39 is 0 Å². The molecule has 2 N–H and O–H groups in total. The lowest BCUT2D eigenvalue weighted by atomic mass is 9.79. The summed E-state index contributed by atoms with van der Waals surface area (Å²) < 4.78 is 0. The van der Waals surface area contributed by atoms with E-state index in [1.165, 1.54) is 30.6 Å². The molecule has 0 aliphatic heterocycles. The van der Waals surface area contributed by atoms with Crippen molar-refractivity contribution in [1.29, 1.82) is 0 Å². The van der Waals surface area contributed by atoms with Gasteiger partial charge in [0.25, 0.3) is 0 Å². The van der Waals surface area contributed by atoms with E-state index in [2.05, 4.69) is 17.5 Å². The third kappa shape index (κ3) is 1.41. The first-order valence-corrected chi connectivity index (χ1v) is 6.42. The van der Waals surface area contributed by atoms with Crippen molar-refractivity contribution in [3.63, 3.8) is 0 Å². The molecule has 0 bridgehead atoms. The molecule has 2 fully saturated rings. The molecule has 0 radical (unpaired) electrons. The minimum absolute atomic E-state index is 0.471. The van der Waals surface area contributed by atoms with Crippen LogP contribution >= 0.6 is 11.3 Å². The summed E-state index contributed by atoms with van der Waals surface area (Å²) in [5.74, 6) is 2.08. The molecule has 1 heterocycles. The highest BCUT2D eigenvalue weighted by Gasteiger charge is 2.52. The standard InChI is InChI=1S/C12H17NS/c13-8-12(5-9-4-10(9)6-12)7-11-2-1-3-14-11/h1-3,9-10H,4-8,13H2. The van der Waals surface area contributed by atoms with Crippen LogP contribution in [0.25, 0.3) is 0 Å². The Hall–Kier alpha value is -0.340. The largest absolute Gasteiger partial charge is 0.330 e. The van der Waals surface area contributed by atoms with E-state index in [1.54, 1.807) is 0 Å². The van der Waals surface area contributed by atoms with Gasteiger partial charge in [0.1, 0.15) is 0 Å². The Labute approximate surface area is 89.3 Å². The molecule has 0 aromatic carbocycles. The third-order valence-corrected chi connectivity index (χ3v) is 4.90. The maximum absolute atomic E-state index is 5.97. The van der Waals surface area contributed by atoms with Crippen LogP contribution in [0.15, 0.2) is 17.5 Å². The Morgan fingerprint density at radius 1 is 1.43 bits per heavy atom. The lowest BCUT2D eigenvalue weighted by molar-refractivity contribution is 0.275. The van der Waals surface area contributed by atoms with E-state index in [0.29, 0.717) is 5.41 Å². The molecule has 1 nitrogen and oxygen atoms in total. The summed E-state index contributed by atoms with van der Waals surface area (Å²) in [5, 5.41) is 2.18. The van der Waals surface area contributed by atoms with Gasteiger partial charge in [0.2, 0.25) is 0 Å². The van der Waals surface area contributed by atoms with E-state index in [-0.39, 0.29) is 0 Å². The van der Waals surface area contributed by atoms with Gasteiger partial charge in [-0.3, -0.25) is 0 Å². The second-order valence-corrected chi connectivity index (χ2v) is 6.16. The lowest BCUT2D eigenvalue weighted by Crippen LogP contribution is -2.31. The maximum Gasteiger partial charge on any atom is 0.00512 e. The molecule has 1 aromatic heterocycles. The smallest absolute Gasteiger partial charge is 0.00512 e. The van der Waals surface area contributed by atoms with Crippen molar-refractivity contribution < 1.29 is 0 Å². The zero-order valence-corrected chi connectivity index (χ0v) is 9.22. The fourth-order valence-corrected chi connectivity index (χ4v) is 4.05. The predicted molar refractivity (Wildman–Crippen MR) is 60.3 cm³/mol. The van der Waals surface area contributed by atoms with Crippen molar-refractivity contribution in [2.24, 2.45) is 23.0 Å². The first-order chi connectivity index (χ1) is 6.81. The van der Waals surface area contributed by atoms with Crippen LogP contribution in [0.2, 0.25) is 0 Å². The van der Waals surface area contributed by atoms with Crippen molar-refractivity contribution in [3.8, 4) is 0 Å². The van der Waals surface area contributed by atoms with Gasteiger partial charge in [0.15, 0.2) is 0 Å². The first-order valence-electron chi connectivity index (χ1n) is 5.54. The molecule has 2 atom stereocenters. The topological polar surface area (TPSA) is 26.0 Å². The van der Waals surface area contributed by atoms with E-state index in [4.69, 9.17) is 5.73 Å². The van der Waals surface area contributed by atoms with Crippen LogP contribution in [0, 0.1) is 17.3 Å². The Bertz CT molecular complexity index is 307. The van der Waals surface area contributed by atoms with Gasteiger partial charge in [-0.15, -0.1) is 11.3 Å². The molecule has 0 saturated heterocycles. The molecule has 2 aliphatic carbocycles. The molecular formula is C12H17NS. The summed E-state index contributed by atoms with van der Waals surface area (Å²) in [4.78, 5) is 1.52. The van der Waals surface area contributed by atoms with Gasteiger partial charge in [-0.25, -0.2) is 0 Å². The molecular weight excluding hydrogens is 190 g/mol. The monoisotopic (exact) mass is 207 g/mol. The summed E-state index contributed by atoms with van der Waals surface area (Å²) in [6.07, 6.45) is 5.51. The molecule has 2 heteroatoms. The van der Waals surface area contributed by atoms with Crippen molar-refractivity contribution in [3.05, 3.63) is 22.4 Å². The normalized spacial score (nSPS) is 39.8. The van der Waals surface area contributed by atoms with Crippen LogP contribution in [-0.4, -0.2) is 6.54 Å². The maximum atomic E-state index is 5.97. The molecule has 2 unspecified atom stereocenters. The Morgan fingerprint density at radius 3 is 2.79 bits per heavy atom. The summed E-state index contributed by atoms with van der Waals surface area (Å²) >= 11 is 1.88. The van der Waals surface area contributed by atoms with Crippen LogP contribution in [-0.2, 0) is 6.42 Å². The van der Waals surface area contributed by atoms with E-state index in [1.807, 2.05) is 11.3 Å². The number of hydrogen-bond acceptors (Lipinski definition) is 2. The molecule has 76 valence electrons. The fraction of sp³-hybridized carbons (Fsp3) is 0.667. The van der Waals surface area contributed by atoms with Gasteiger partial charge in [-0.05, 0) is 60.9 Å². The SMILES string of the molecule is NCC1(Cc2cccs2)CC2CC2C1. The second kappa shape index (κ2) is 3.07. The minimum atomic E-state index is 0.471. The average Bonchev–Trinajstić information content (AvgIpc) is 2.68. The van der Waals surface area contributed by atoms with Crippen molar-refractivity contribution in [2.75, 3.05) is 6.54 Å². The van der Waals surface area contributed by atoms with Crippen LogP contribution in [0.5, 0.6) is 0 Å². The van der Waals surface area contributed by atoms with Crippen LogP contribution in [0.3, 0.4) is 0 Å². The van der Waals surface area contributed by atoms with Crippen LogP contribution < -0.4 is 5.73 Å². The Morgan fingerprint density at radius 2 is 2.21 bits per heavy atom. The van der Waals surface area contributed by atoms with Gasteiger partial charge >= 0.3 is 0 Å². The van der Waals surface area contributed by atoms with E-state index in [9.17, 15) is 0 Å². The summed E-state index contributed by atoms with van der Waals surface area (Å²) in [5.41, 5.74) is 6.44. The number of thiophene rings is 1. The second-order valence-electron chi connectivity index (χ2n) is 5.12. The van der Waals surface area contributed by atoms with Crippen LogP contribution in [0.1, 0.15) is 24.1 Å². The Balaban J connectivity index is 1.75. The molecule has 3 rings (SSSR count). The fourth-order valence-electron chi connectivity index (χ4n) is 3.17. The van der Waals surface area contributed by atoms with Gasteiger partial charge < -0.3 is 5.73 Å². The number of fused-ring (bicyclic) bond motifs is 1. The molecule has 1 aromatic rings. The first kappa shape index (κ1) is 8.93. The van der Waals surface area contributed by atoms with E-state index >= 15 is 0 Å². The number of nitrogens with two attached hydrogens (primary N) is 1. The zero-order valence-electron chi connectivity index (χ0n) is 8.41. The summed E-state index contributed by atoms with van der Waals surface area (Å²) in [6.45, 7) is 0.887. The highest BCUT2D eigenvalue weighted by Crippen LogP contribution is 2.60. The summed E-state index contributed by atoms with van der Waals surface area (Å²) in [6, 6.07) is 4.41. The highest BCUT2D eigenvalue weighted by molar-refractivity contribution is 7.09. The van der Waals surface area contributed by atoms with Gasteiger partial charge in [-0.2, -0.15) is 0 Å². The average molecular weight is 207 g/mol. The van der Waals surface area contributed by atoms with Crippen molar-refractivity contribution >= 4 is 11.3 Å².